The zero-order chi connectivity index (χ0) is 25.8. The lowest BCUT2D eigenvalue weighted by Crippen LogP contribution is -2.39. The average Bonchev–Trinajstić information content (AvgIpc) is 2.81. The Morgan fingerprint density at radius 3 is 2.63 bits per heavy atom. The molecule has 186 valence electrons. The largest absolute Gasteiger partial charge is 0.490 e. The molecule has 0 saturated carbocycles. The highest BCUT2D eigenvalue weighted by atomic mass is 35.5. The van der Waals surface area contributed by atoms with Gasteiger partial charge in [-0.25, -0.2) is 4.79 Å². The number of halogens is 4. The van der Waals surface area contributed by atoms with Crippen LogP contribution in [0.4, 0.5) is 13.2 Å². The van der Waals surface area contributed by atoms with Gasteiger partial charge in [0.05, 0.1) is 28.1 Å². The van der Waals surface area contributed by atoms with Gasteiger partial charge in [0.15, 0.2) is 11.0 Å². The van der Waals surface area contributed by atoms with E-state index in [1.54, 1.807) is 6.07 Å². The summed E-state index contributed by atoms with van der Waals surface area (Å²) in [6, 6.07) is 8.16. The minimum atomic E-state index is -4.70. The minimum absolute atomic E-state index is 0.000297. The second-order valence-electron chi connectivity index (χ2n) is 7.20. The maximum Gasteiger partial charge on any atom is 0.416 e. The number of nitrogens with one attached hydrogen (secondary N) is 1. The van der Waals surface area contributed by atoms with E-state index in [0.29, 0.717) is 6.07 Å². The number of hydrogen-bond acceptors (Lipinski definition) is 7. The highest BCUT2D eigenvalue weighted by Crippen LogP contribution is 2.38. The van der Waals surface area contributed by atoms with Crippen LogP contribution in [0.5, 0.6) is 5.75 Å². The van der Waals surface area contributed by atoms with Gasteiger partial charge in [0.25, 0.3) is 0 Å². The molecule has 0 saturated heterocycles. The number of rotatable bonds is 7. The van der Waals surface area contributed by atoms with Crippen LogP contribution >= 0.6 is 11.6 Å². The average molecular weight is 514 g/mol. The second kappa shape index (κ2) is 10.8. The van der Waals surface area contributed by atoms with Crippen molar-refractivity contribution in [2.24, 2.45) is 0 Å². The van der Waals surface area contributed by atoms with Crippen molar-refractivity contribution in [3.63, 3.8) is 0 Å². The molecule has 2 N–H and O–H groups in total. The Morgan fingerprint density at radius 1 is 1.20 bits per heavy atom. The fourth-order valence-corrected chi connectivity index (χ4v) is 3.23. The number of aliphatic hydroxyl groups is 1. The Labute approximate surface area is 201 Å². The molecular formula is C23H19ClF3NO7. The molecule has 3 aromatic rings. The molecule has 8 nitrogen and oxygen atoms in total. The molecule has 35 heavy (non-hydrogen) atoms. The summed E-state index contributed by atoms with van der Waals surface area (Å²) in [7, 11) is 0. The molecule has 0 radical (unpaired) electrons. The molecule has 1 unspecified atom stereocenters. The fourth-order valence-electron chi connectivity index (χ4n) is 3.02. The van der Waals surface area contributed by atoms with Gasteiger partial charge in [0.1, 0.15) is 24.2 Å². The normalized spacial score (nSPS) is 12.3. The van der Waals surface area contributed by atoms with Crippen LogP contribution in [0.1, 0.15) is 12.5 Å². The maximum atomic E-state index is 13.3. The van der Waals surface area contributed by atoms with Crippen molar-refractivity contribution >= 4 is 34.4 Å². The Morgan fingerprint density at radius 2 is 1.94 bits per heavy atom. The summed E-state index contributed by atoms with van der Waals surface area (Å²) in [6.07, 6.45) is -6.09. The second-order valence-corrected chi connectivity index (χ2v) is 7.60. The lowest BCUT2D eigenvalue weighted by molar-refractivity contribution is -0.154. The molecule has 0 aliphatic heterocycles. The van der Waals surface area contributed by atoms with Gasteiger partial charge < -0.3 is 24.3 Å². The van der Waals surface area contributed by atoms with Crippen molar-refractivity contribution in [3.05, 3.63) is 63.3 Å². The number of fused-ring (bicyclic) bond motifs is 1. The van der Waals surface area contributed by atoms with Crippen LogP contribution in [-0.4, -0.2) is 42.8 Å². The van der Waals surface area contributed by atoms with Crippen molar-refractivity contribution in [1.82, 2.24) is 5.32 Å². The third kappa shape index (κ3) is 6.31. The van der Waals surface area contributed by atoms with Gasteiger partial charge in [-0.1, -0.05) is 17.7 Å². The van der Waals surface area contributed by atoms with Crippen LogP contribution < -0.4 is 15.5 Å². The summed E-state index contributed by atoms with van der Waals surface area (Å²) in [5.41, 5.74) is -1.47. The van der Waals surface area contributed by atoms with E-state index < -0.39 is 48.3 Å². The van der Waals surface area contributed by atoms with E-state index in [1.807, 2.05) is 0 Å². The molecule has 1 amide bonds. The Hall–Kier alpha value is -3.57. The molecular weight excluding hydrogens is 495 g/mol. The summed E-state index contributed by atoms with van der Waals surface area (Å²) >= 11 is 6.11. The standard InChI is InChI=1S/C23H19ClF3NO7/c1-2-33-22(32)21(31)28-10-13(29)11-34-18-8-12(23(25,26)27)6-7-15(18)19-9-17(30)14-4-3-5-16(24)20(14)35-19/h3-9,13,29H,2,10-11H2,1H3,(H,28,31). The molecule has 1 heterocycles. The highest BCUT2D eigenvalue weighted by molar-refractivity contribution is 6.34. The Balaban J connectivity index is 1.89. The van der Waals surface area contributed by atoms with E-state index in [-0.39, 0.29) is 39.7 Å². The van der Waals surface area contributed by atoms with Gasteiger partial charge >= 0.3 is 18.1 Å². The van der Waals surface area contributed by atoms with E-state index in [9.17, 15) is 32.7 Å². The van der Waals surface area contributed by atoms with E-state index in [4.69, 9.17) is 20.8 Å². The quantitative estimate of drug-likeness (QED) is 0.367. The van der Waals surface area contributed by atoms with Gasteiger partial charge in [-0.3, -0.25) is 9.59 Å². The number of para-hydroxylation sites is 1. The van der Waals surface area contributed by atoms with Crippen LogP contribution in [0.15, 0.2) is 51.7 Å². The predicted molar refractivity (Wildman–Crippen MR) is 119 cm³/mol. The molecule has 0 fully saturated rings. The number of benzene rings is 2. The molecule has 0 bridgehead atoms. The third-order valence-corrected chi connectivity index (χ3v) is 4.97. The topological polar surface area (TPSA) is 115 Å². The zero-order valence-corrected chi connectivity index (χ0v) is 18.9. The van der Waals surface area contributed by atoms with E-state index in [2.05, 4.69) is 10.1 Å². The van der Waals surface area contributed by atoms with Crippen LogP contribution in [0.2, 0.25) is 5.02 Å². The number of ether oxygens (including phenoxy) is 2. The van der Waals surface area contributed by atoms with E-state index >= 15 is 0 Å². The molecule has 1 aromatic heterocycles. The third-order valence-electron chi connectivity index (χ3n) is 4.67. The van der Waals surface area contributed by atoms with Crippen LogP contribution in [0.3, 0.4) is 0 Å². The Bertz CT molecular complexity index is 1310. The van der Waals surface area contributed by atoms with Gasteiger partial charge in [-0.2, -0.15) is 13.2 Å². The lowest BCUT2D eigenvalue weighted by atomic mass is 10.1. The number of alkyl halides is 3. The van der Waals surface area contributed by atoms with Crippen molar-refractivity contribution in [2.45, 2.75) is 19.2 Å². The van der Waals surface area contributed by atoms with Crippen molar-refractivity contribution in [1.29, 1.82) is 0 Å². The van der Waals surface area contributed by atoms with Gasteiger partial charge in [0.2, 0.25) is 0 Å². The first-order valence-electron chi connectivity index (χ1n) is 10.2. The smallest absolute Gasteiger partial charge is 0.416 e. The highest BCUT2D eigenvalue weighted by Gasteiger charge is 2.32. The molecule has 0 aliphatic carbocycles. The minimum Gasteiger partial charge on any atom is -0.490 e. The summed E-state index contributed by atoms with van der Waals surface area (Å²) in [6.45, 7) is 0.487. The van der Waals surface area contributed by atoms with Crippen LogP contribution in [-0.2, 0) is 20.5 Å². The molecule has 0 aliphatic rings. The number of esters is 1. The zero-order valence-electron chi connectivity index (χ0n) is 18.1. The predicted octanol–water partition coefficient (Wildman–Crippen LogP) is 3.55. The van der Waals surface area contributed by atoms with Crippen molar-refractivity contribution in [2.75, 3.05) is 19.8 Å². The Kier molecular flexibility index (Phi) is 8.03. The van der Waals surface area contributed by atoms with E-state index in [0.717, 1.165) is 18.2 Å². The van der Waals surface area contributed by atoms with Gasteiger partial charge in [-0.05, 0) is 37.3 Å². The molecule has 1 atom stereocenters. The molecule has 0 spiro atoms. The molecule has 3 rings (SSSR count). The van der Waals surface area contributed by atoms with E-state index in [1.165, 1.54) is 19.1 Å². The molecule has 12 heteroatoms. The van der Waals surface area contributed by atoms with Crippen molar-refractivity contribution in [3.8, 4) is 17.1 Å². The van der Waals surface area contributed by atoms with Gasteiger partial charge in [0, 0.05) is 12.6 Å². The summed E-state index contributed by atoms with van der Waals surface area (Å²) in [4.78, 5) is 35.4. The number of carbonyl (C=O) groups excluding carboxylic acids is 2. The summed E-state index contributed by atoms with van der Waals surface area (Å²) < 4.78 is 55.5. The number of carbonyl (C=O) groups is 2. The van der Waals surface area contributed by atoms with Crippen LogP contribution in [0, 0.1) is 0 Å². The first-order valence-corrected chi connectivity index (χ1v) is 10.6. The molecule has 2 aromatic carbocycles. The monoisotopic (exact) mass is 513 g/mol. The summed E-state index contributed by atoms with van der Waals surface area (Å²) in [5.74, 6) is -2.69. The fraction of sp³-hybridized carbons (Fsp3) is 0.261. The number of hydrogen-bond donors (Lipinski definition) is 2. The number of aliphatic hydroxyl groups excluding tert-OH is 1. The SMILES string of the molecule is CCOC(=O)C(=O)NCC(O)COc1cc(C(F)(F)F)ccc1-c1cc(=O)c2cccc(Cl)c2o1. The first-order chi connectivity index (χ1) is 16.5. The van der Waals surface area contributed by atoms with Crippen molar-refractivity contribution < 1.29 is 41.8 Å². The number of amides is 1. The summed E-state index contributed by atoms with van der Waals surface area (Å²) in [5, 5.41) is 12.5. The van der Waals surface area contributed by atoms with Gasteiger partial charge in [-0.15, -0.1) is 0 Å². The lowest BCUT2D eigenvalue weighted by Gasteiger charge is -2.17. The maximum absolute atomic E-state index is 13.3. The first kappa shape index (κ1) is 26.0. The van der Waals surface area contributed by atoms with Crippen LogP contribution in [0.25, 0.3) is 22.3 Å².